The number of hydrogen-bond acceptors (Lipinski definition) is 5. The third kappa shape index (κ3) is 7.40. The molecule has 9 heteroatoms. The number of carbonyl (C=O) groups excluding carboxylic acids is 2. The lowest BCUT2D eigenvalue weighted by Gasteiger charge is -2.19. The molecule has 0 saturated carbocycles. The van der Waals surface area contributed by atoms with Gasteiger partial charge >= 0.3 is 6.36 Å². The summed E-state index contributed by atoms with van der Waals surface area (Å²) in [5.74, 6) is -0.151. The van der Waals surface area contributed by atoms with Gasteiger partial charge in [-0.2, -0.15) is 0 Å². The number of halogens is 3. The van der Waals surface area contributed by atoms with Crippen molar-refractivity contribution >= 4 is 17.4 Å². The van der Waals surface area contributed by atoms with E-state index in [0.29, 0.717) is 30.2 Å². The van der Waals surface area contributed by atoms with Crippen molar-refractivity contribution in [2.45, 2.75) is 26.8 Å². The van der Waals surface area contributed by atoms with Crippen LogP contribution in [-0.2, 0) is 11.3 Å². The fourth-order valence-corrected chi connectivity index (χ4v) is 2.75. The highest BCUT2D eigenvalue weighted by Crippen LogP contribution is 2.24. The number of ketones is 1. The van der Waals surface area contributed by atoms with Gasteiger partial charge in [-0.3, -0.25) is 14.5 Å². The van der Waals surface area contributed by atoms with E-state index < -0.39 is 6.36 Å². The molecule has 2 rings (SSSR count). The summed E-state index contributed by atoms with van der Waals surface area (Å²) < 4.78 is 46.0. The molecule has 30 heavy (non-hydrogen) atoms. The predicted octanol–water partition coefficient (Wildman–Crippen LogP) is 4.26. The molecule has 1 amide bonds. The van der Waals surface area contributed by atoms with E-state index in [0.717, 1.165) is 17.7 Å². The zero-order valence-corrected chi connectivity index (χ0v) is 16.9. The lowest BCUT2D eigenvalue weighted by atomic mass is 10.1. The van der Waals surface area contributed by atoms with Crippen molar-refractivity contribution in [3.8, 4) is 11.5 Å². The summed E-state index contributed by atoms with van der Waals surface area (Å²) in [6.45, 7) is 4.18. The van der Waals surface area contributed by atoms with E-state index in [-0.39, 0.29) is 24.0 Å². The Hall–Kier alpha value is -3.07. The zero-order valence-electron chi connectivity index (χ0n) is 16.9. The minimum atomic E-state index is -4.77. The Kier molecular flexibility index (Phi) is 7.82. The maximum absolute atomic E-state index is 12.3. The molecule has 0 radical (unpaired) electrons. The average molecular weight is 424 g/mol. The average Bonchev–Trinajstić information content (AvgIpc) is 2.63. The lowest BCUT2D eigenvalue weighted by Crippen LogP contribution is -2.30. The number of anilines is 1. The molecular formula is C21H23F3N2O4. The monoisotopic (exact) mass is 424 g/mol. The quantitative estimate of drug-likeness (QED) is 0.610. The molecule has 0 saturated heterocycles. The van der Waals surface area contributed by atoms with Crippen LogP contribution in [0.4, 0.5) is 18.9 Å². The van der Waals surface area contributed by atoms with Gasteiger partial charge in [-0.05, 0) is 63.4 Å². The summed E-state index contributed by atoms with van der Waals surface area (Å²) in [5, 5.41) is 2.62. The number of ether oxygens (including phenoxy) is 2. The second-order valence-corrected chi connectivity index (χ2v) is 6.60. The van der Waals surface area contributed by atoms with Crippen LogP contribution in [0.25, 0.3) is 0 Å². The molecule has 0 aliphatic carbocycles. The minimum Gasteiger partial charge on any atom is -0.494 e. The first-order chi connectivity index (χ1) is 14.1. The molecule has 0 fully saturated rings. The number of rotatable bonds is 9. The first-order valence-corrected chi connectivity index (χ1v) is 9.18. The highest BCUT2D eigenvalue weighted by Gasteiger charge is 2.31. The summed E-state index contributed by atoms with van der Waals surface area (Å²) in [6, 6.07) is 10.0. The summed E-state index contributed by atoms with van der Waals surface area (Å²) in [6.07, 6.45) is -4.77. The number of likely N-dealkylation sites (N-methyl/N-ethyl adjacent to an activating group) is 1. The summed E-state index contributed by atoms with van der Waals surface area (Å²) in [4.78, 5) is 25.6. The van der Waals surface area contributed by atoms with Crippen molar-refractivity contribution in [1.29, 1.82) is 0 Å². The van der Waals surface area contributed by atoms with Crippen molar-refractivity contribution < 1.29 is 32.2 Å². The Labute approximate surface area is 172 Å². The van der Waals surface area contributed by atoms with Crippen LogP contribution < -0.4 is 14.8 Å². The van der Waals surface area contributed by atoms with Crippen molar-refractivity contribution in [2.24, 2.45) is 0 Å². The highest BCUT2D eigenvalue weighted by atomic mass is 19.4. The maximum Gasteiger partial charge on any atom is 0.573 e. The molecule has 0 heterocycles. The molecule has 2 aromatic rings. The normalized spacial score (nSPS) is 11.3. The van der Waals surface area contributed by atoms with E-state index in [9.17, 15) is 22.8 Å². The Morgan fingerprint density at radius 2 is 1.77 bits per heavy atom. The van der Waals surface area contributed by atoms with Crippen molar-refractivity contribution in [3.05, 3.63) is 53.6 Å². The molecule has 162 valence electrons. The van der Waals surface area contributed by atoms with Crippen LogP contribution in [-0.4, -0.2) is 43.2 Å². The zero-order chi connectivity index (χ0) is 22.3. The van der Waals surface area contributed by atoms with Gasteiger partial charge in [0, 0.05) is 23.4 Å². The summed E-state index contributed by atoms with van der Waals surface area (Å²) in [7, 11) is 1.73. The van der Waals surface area contributed by atoms with Crippen LogP contribution in [0, 0.1) is 0 Å². The fourth-order valence-electron chi connectivity index (χ4n) is 2.75. The Balaban J connectivity index is 1.97. The number of hydrogen-bond donors (Lipinski definition) is 1. The van der Waals surface area contributed by atoms with Crippen LogP contribution in [0.2, 0.25) is 0 Å². The molecule has 2 aromatic carbocycles. The van der Waals surface area contributed by atoms with E-state index >= 15 is 0 Å². The topological polar surface area (TPSA) is 67.9 Å². The van der Waals surface area contributed by atoms with Gasteiger partial charge in [-0.1, -0.05) is 0 Å². The molecule has 1 N–H and O–H groups in total. The fraction of sp³-hybridized carbons (Fsp3) is 0.333. The molecule has 0 spiro atoms. The standard InChI is InChI=1S/C21H23F3N2O4/c1-4-29-19-10-5-15(14(2)27)11-16(19)12-26(3)13-20(28)25-17-6-8-18(9-7-17)30-21(22,23)24/h5-11H,4,12-13H2,1-3H3,(H,25,28). The van der Waals surface area contributed by atoms with Gasteiger partial charge in [0.05, 0.1) is 13.2 Å². The molecule has 0 aliphatic heterocycles. The van der Waals surface area contributed by atoms with E-state index in [1.807, 2.05) is 6.92 Å². The second kappa shape index (κ2) is 10.1. The second-order valence-electron chi connectivity index (χ2n) is 6.60. The number of nitrogens with zero attached hydrogens (tertiary/aromatic N) is 1. The smallest absolute Gasteiger partial charge is 0.494 e. The number of alkyl halides is 3. The number of amides is 1. The van der Waals surface area contributed by atoms with Gasteiger partial charge in [0.1, 0.15) is 11.5 Å². The highest BCUT2D eigenvalue weighted by molar-refractivity contribution is 5.94. The predicted molar refractivity (Wildman–Crippen MR) is 106 cm³/mol. The van der Waals surface area contributed by atoms with Gasteiger partial charge in [-0.25, -0.2) is 0 Å². The van der Waals surface area contributed by atoms with Gasteiger partial charge in [0.25, 0.3) is 0 Å². The minimum absolute atomic E-state index is 0.0245. The Bertz CT molecular complexity index is 883. The Morgan fingerprint density at radius 3 is 2.33 bits per heavy atom. The number of nitrogens with one attached hydrogen (secondary N) is 1. The van der Waals surface area contributed by atoms with Gasteiger partial charge in [0.15, 0.2) is 5.78 Å². The van der Waals surface area contributed by atoms with Crippen molar-refractivity contribution in [3.63, 3.8) is 0 Å². The van der Waals surface area contributed by atoms with Crippen LogP contribution in [0.15, 0.2) is 42.5 Å². The number of benzene rings is 2. The lowest BCUT2D eigenvalue weighted by molar-refractivity contribution is -0.274. The first-order valence-electron chi connectivity index (χ1n) is 9.18. The molecule has 0 atom stereocenters. The summed E-state index contributed by atoms with van der Waals surface area (Å²) in [5.41, 5.74) is 1.66. The molecule has 6 nitrogen and oxygen atoms in total. The first kappa shape index (κ1) is 23.2. The molecule has 0 bridgehead atoms. The van der Waals surface area contributed by atoms with Crippen LogP contribution in [0.1, 0.15) is 29.8 Å². The van der Waals surface area contributed by atoms with Crippen LogP contribution in [0.3, 0.4) is 0 Å². The Morgan fingerprint density at radius 1 is 1.10 bits per heavy atom. The van der Waals surface area contributed by atoms with E-state index in [4.69, 9.17) is 4.74 Å². The molecule has 0 unspecified atom stereocenters. The van der Waals surface area contributed by atoms with Crippen LogP contribution in [0.5, 0.6) is 11.5 Å². The summed E-state index contributed by atoms with van der Waals surface area (Å²) >= 11 is 0. The SMILES string of the molecule is CCOc1ccc(C(C)=O)cc1CN(C)CC(=O)Nc1ccc(OC(F)(F)F)cc1. The molecule has 0 aromatic heterocycles. The molecule has 0 aliphatic rings. The number of Topliss-reactive ketones (excluding diaryl/α,β-unsaturated/α-hetero) is 1. The van der Waals surface area contributed by atoms with Crippen molar-refractivity contribution in [1.82, 2.24) is 4.90 Å². The van der Waals surface area contributed by atoms with E-state index in [1.54, 1.807) is 30.1 Å². The molecular weight excluding hydrogens is 401 g/mol. The maximum atomic E-state index is 12.3. The van der Waals surface area contributed by atoms with Gasteiger partial charge in [0.2, 0.25) is 5.91 Å². The largest absolute Gasteiger partial charge is 0.573 e. The van der Waals surface area contributed by atoms with Gasteiger partial charge in [-0.15, -0.1) is 13.2 Å². The van der Waals surface area contributed by atoms with E-state index in [1.165, 1.54) is 19.1 Å². The van der Waals surface area contributed by atoms with E-state index in [2.05, 4.69) is 10.1 Å². The van der Waals surface area contributed by atoms with Gasteiger partial charge < -0.3 is 14.8 Å². The van der Waals surface area contributed by atoms with Crippen molar-refractivity contribution in [2.75, 3.05) is 25.5 Å². The van der Waals surface area contributed by atoms with Crippen LogP contribution >= 0.6 is 0 Å². The third-order valence-corrected chi connectivity index (χ3v) is 3.99. The third-order valence-electron chi connectivity index (χ3n) is 3.99. The number of carbonyl (C=O) groups is 2.